The smallest absolute Gasteiger partial charge is 0.393 e. The molecule has 9 nitrogen and oxygen atoms in total. The van der Waals surface area contributed by atoms with Crippen LogP contribution in [0.2, 0.25) is 0 Å². The van der Waals surface area contributed by atoms with Gasteiger partial charge in [-0.05, 0) is 38.5 Å². The lowest BCUT2D eigenvalue weighted by Gasteiger charge is -2.25. The van der Waals surface area contributed by atoms with Crippen molar-refractivity contribution in [2.24, 2.45) is 5.73 Å². The fourth-order valence-corrected chi connectivity index (χ4v) is 6.11. The maximum Gasteiger partial charge on any atom is 0.472 e. The topological polar surface area (TPSA) is 151 Å². The second kappa shape index (κ2) is 31.8. The molecule has 0 aliphatic heterocycles. The average molecular weight is 663 g/mol. The number of phosphoric ester groups is 1. The molecule has 0 aromatic carbocycles. The Morgan fingerprint density at radius 2 is 1.20 bits per heavy atom. The molecule has 4 atom stereocenters. The van der Waals surface area contributed by atoms with E-state index in [0.717, 1.165) is 44.9 Å². The molecule has 4 unspecified atom stereocenters. The molecule has 0 rings (SSSR count). The zero-order valence-electron chi connectivity index (χ0n) is 29.0. The summed E-state index contributed by atoms with van der Waals surface area (Å²) in [6.07, 6.45) is 28.3. The highest BCUT2D eigenvalue weighted by Gasteiger charge is 2.28. The number of amides is 1. The molecule has 0 aromatic rings. The van der Waals surface area contributed by atoms with Gasteiger partial charge in [-0.1, -0.05) is 135 Å². The van der Waals surface area contributed by atoms with Crippen molar-refractivity contribution >= 4 is 13.7 Å². The highest BCUT2D eigenvalue weighted by molar-refractivity contribution is 7.47. The minimum Gasteiger partial charge on any atom is -0.393 e. The number of hydrogen-bond donors (Lipinski definition) is 5. The normalized spacial score (nSPS) is 15.2. The van der Waals surface area contributed by atoms with E-state index < -0.39 is 32.0 Å². The van der Waals surface area contributed by atoms with E-state index >= 15 is 0 Å². The van der Waals surface area contributed by atoms with Gasteiger partial charge in [-0.25, -0.2) is 4.57 Å². The predicted octanol–water partition coefficient (Wildman–Crippen LogP) is 8.24. The lowest BCUT2D eigenvalue weighted by molar-refractivity contribution is -0.125. The fraction of sp³-hybridized carbons (Fsp3) is 0.914. The Labute approximate surface area is 276 Å². The van der Waals surface area contributed by atoms with Gasteiger partial charge in [0.1, 0.15) is 0 Å². The van der Waals surface area contributed by atoms with Crippen LogP contribution in [0.25, 0.3) is 0 Å². The summed E-state index contributed by atoms with van der Waals surface area (Å²) >= 11 is 0. The number of aliphatic hydroxyl groups excluding tert-OH is 2. The number of nitrogens with one attached hydrogen (secondary N) is 1. The fourth-order valence-electron chi connectivity index (χ4n) is 5.35. The van der Waals surface area contributed by atoms with Gasteiger partial charge >= 0.3 is 7.82 Å². The van der Waals surface area contributed by atoms with Crippen LogP contribution in [0.15, 0.2) is 12.2 Å². The van der Waals surface area contributed by atoms with Gasteiger partial charge in [0, 0.05) is 6.54 Å². The summed E-state index contributed by atoms with van der Waals surface area (Å²) in [5.74, 6) is -0.421. The molecule has 45 heavy (non-hydrogen) atoms. The first-order chi connectivity index (χ1) is 21.8. The molecule has 10 heteroatoms. The molecular weight excluding hydrogens is 591 g/mol. The van der Waals surface area contributed by atoms with E-state index in [1.165, 1.54) is 89.9 Å². The van der Waals surface area contributed by atoms with Gasteiger partial charge in [-0.3, -0.25) is 13.8 Å². The van der Waals surface area contributed by atoms with Gasteiger partial charge in [0.05, 0.1) is 37.9 Å². The number of rotatable bonds is 34. The molecule has 6 N–H and O–H groups in total. The van der Waals surface area contributed by atoms with Gasteiger partial charge < -0.3 is 26.2 Å². The van der Waals surface area contributed by atoms with Crippen LogP contribution in [-0.2, 0) is 18.4 Å². The third-order valence-electron chi connectivity index (χ3n) is 8.17. The summed E-state index contributed by atoms with van der Waals surface area (Å²) in [6, 6.07) is -0.893. The lowest BCUT2D eigenvalue weighted by Crippen LogP contribution is -2.47. The lowest BCUT2D eigenvalue weighted by atomic mass is 10.0. The second-order valence-corrected chi connectivity index (χ2v) is 14.1. The first kappa shape index (κ1) is 44.2. The zero-order chi connectivity index (χ0) is 33.4. The molecule has 0 spiro atoms. The summed E-state index contributed by atoms with van der Waals surface area (Å²) in [5.41, 5.74) is 5.34. The number of unbranched alkanes of at least 4 members (excludes halogenated alkanes) is 18. The van der Waals surface area contributed by atoms with Gasteiger partial charge in [0.15, 0.2) is 0 Å². The number of carbonyl (C=O) groups is 1. The van der Waals surface area contributed by atoms with Gasteiger partial charge in [0.25, 0.3) is 0 Å². The molecule has 268 valence electrons. The number of hydrogen-bond acceptors (Lipinski definition) is 7. The highest BCUT2D eigenvalue weighted by atomic mass is 31.2. The SMILES string of the molecule is CCCCCC/C=C\CCCCCCCC(O)CC(=O)NC(COP(=O)(O)OCCN)C(O)CCCCCCCCCCCC. The Bertz CT molecular complexity index is 741. The Morgan fingerprint density at radius 3 is 1.73 bits per heavy atom. The third-order valence-corrected chi connectivity index (χ3v) is 9.16. The first-order valence-electron chi connectivity index (χ1n) is 18.4. The Hall–Kier alpha value is -0.800. The molecule has 0 saturated heterocycles. The van der Waals surface area contributed by atoms with E-state index in [1.807, 2.05) is 0 Å². The van der Waals surface area contributed by atoms with E-state index in [-0.39, 0.29) is 26.2 Å². The molecule has 0 aliphatic carbocycles. The van der Waals surface area contributed by atoms with E-state index in [0.29, 0.717) is 12.8 Å². The number of nitrogens with two attached hydrogens (primary N) is 1. The monoisotopic (exact) mass is 662 g/mol. The Balaban J connectivity index is 4.39. The predicted molar refractivity (Wildman–Crippen MR) is 186 cm³/mol. The number of carbonyl (C=O) groups excluding carboxylic acids is 1. The zero-order valence-corrected chi connectivity index (χ0v) is 29.9. The summed E-state index contributed by atoms with van der Waals surface area (Å²) in [5, 5.41) is 24.0. The Morgan fingerprint density at radius 1 is 0.733 bits per heavy atom. The van der Waals surface area contributed by atoms with Crippen molar-refractivity contribution < 1.29 is 33.5 Å². The van der Waals surface area contributed by atoms with Crippen LogP contribution in [-0.4, -0.2) is 59.0 Å². The van der Waals surface area contributed by atoms with Crippen LogP contribution in [0.3, 0.4) is 0 Å². The van der Waals surface area contributed by atoms with Crippen LogP contribution < -0.4 is 11.1 Å². The second-order valence-electron chi connectivity index (χ2n) is 12.6. The van der Waals surface area contributed by atoms with Crippen molar-refractivity contribution in [3.8, 4) is 0 Å². The number of phosphoric acid groups is 1. The minimum atomic E-state index is -4.36. The molecule has 1 amide bonds. The maximum atomic E-state index is 12.7. The van der Waals surface area contributed by atoms with E-state index in [4.69, 9.17) is 14.8 Å². The van der Waals surface area contributed by atoms with Crippen molar-refractivity contribution in [3.05, 3.63) is 12.2 Å². The minimum absolute atomic E-state index is 0.0595. The quantitative estimate of drug-likeness (QED) is 0.0263. The molecular formula is C35H71N2O7P. The van der Waals surface area contributed by atoms with Crippen LogP contribution >= 0.6 is 7.82 Å². The van der Waals surface area contributed by atoms with E-state index in [9.17, 15) is 24.5 Å². The summed E-state index contributed by atoms with van der Waals surface area (Å²) < 4.78 is 22.0. The largest absolute Gasteiger partial charge is 0.472 e. The molecule has 0 heterocycles. The van der Waals surface area contributed by atoms with Gasteiger partial charge in [0.2, 0.25) is 5.91 Å². The van der Waals surface area contributed by atoms with Crippen molar-refractivity contribution in [2.45, 2.75) is 186 Å². The molecule has 0 saturated carbocycles. The van der Waals surface area contributed by atoms with Crippen LogP contribution in [0, 0.1) is 0 Å². The van der Waals surface area contributed by atoms with Gasteiger partial charge in [-0.2, -0.15) is 0 Å². The molecule has 0 fully saturated rings. The number of allylic oxidation sites excluding steroid dienone is 2. The number of aliphatic hydroxyl groups is 2. The van der Waals surface area contributed by atoms with E-state index in [2.05, 4.69) is 31.3 Å². The van der Waals surface area contributed by atoms with Crippen LogP contribution in [0.4, 0.5) is 0 Å². The highest BCUT2D eigenvalue weighted by Crippen LogP contribution is 2.43. The van der Waals surface area contributed by atoms with Crippen molar-refractivity contribution in [3.63, 3.8) is 0 Å². The summed E-state index contributed by atoms with van der Waals surface area (Å²) in [7, 11) is -4.36. The molecule has 0 aromatic heterocycles. The van der Waals surface area contributed by atoms with Crippen LogP contribution in [0.5, 0.6) is 0 Å². The third kappa shape index (κ3) is 30.3. The van der Waals surface area contributed by atoms with Gasteiger partial charge in [-0.15, -0.1) is 0 Å². The first-order valence-corrected chi connectivity index (χ1v) is 19.9. The summed E-state index contributed by atoms with van der Waals surface area (Å²) in [6.45, 7) is 3.99. The van der Waals surface area contributed by atoms with E-state index in [1.54, 1.807) is 0 Å². The van der Waals surface area contributed by atoms with Crippen molar-refractivity contribution in [1.82, 2.24) is 5.32 Å². The van der Waals surface area contributed by atoms with Crippen molar-refractivity contribution in [1.29, 1.82) is 0 Å². The van der Waals surface area contributed by atoms with Crippen LogP contribution in [0.1, 0.15) is 168 Å². The van der Waals surface area contributed by atoms with Crippen molar-refractivity contribution in [2.75, 3.05) is 19.8 Å². The maximum absolute atomic E-state index is 12.7. The standard InChI is InChI=1S/C35H71N2O7P/c1-3-5-7-9-11-13-15-16-17-18-20-22-24-26-32(38)30-35(40)37-33(31-44-45(41,42)43-29-28-36)34(39)27-25-23-21-19-14-12-10-8-6-4-2/h13,15,32-34,38-39H,3-12,14,16-31,36H2,1-2H3,(H,37,40)(H,41,42)/b15-13-. The summed E-state index contributed by atoms with van der Waals surface area (Å²) in [4.78, 5) is 22.6. The molecule has 0 aliphatic rings. The Kier molecular flexibility index (Phi) is 31.2. The molecule has 0 radical (unpaired) electrons. The average Bonchev–Trinajstić information content (AvgIpc) is 3.01. The molecule has 0 bridgehead atoms.